The molecule has 3 rings (SSSR count). The van der Waals surface area contributed by atoms with Crippen LogP contribution in [0.2, 0.25) is 0 Å². The zero-order valence-corrected chi connectivity index (χ0v) is 12.3. The van der Waals surface area contributed by atoms with Gasteiger partial charge in [0.2, 0.25) is 0 Å². The number of carbonyl (C=O) groups excluding carboxylic acids is 1. The fraction of sp³-hybridized carbons (Fsp3) is 0.562. The van der Waals surface area contributed by atoms with Gasteiger partial charge < -0.3 is 0 Å². The van der Waals surface area contributed by atoms with Crippen LogP contribution < -0.4 is 0 Å². The Bertz CT molecular complexity index is 532. The van der Waals surface area contributed by atoms with E-state index < -0.39 is 11.6 Å². The van der Waals surface area contributed by atoms with Crippen LogP contribution in [-0.4, -0.2) is 16.3 Å². The van der Waals surface area contributed by atoms with E-state index in [2.05, 4.69) is 0 Å². The zero-order chi connectivity index (χ0) is 14.3. The molecule has 0 amide bonds. The van der Waals surface area contributed by atoms with E-state index in [-0.39, 0.29) is 29.2 Å². The molecule has 4 heteroatoms. The molecular formula is C16H18F2OS. The Labute approximate surface area is 122 Å². The van der Waals surface area contributed by atoms with Crippen LogP contribution in [0, 0.1) is 24.5 Å². The highest BCUT2D eigenvalue weighted by molar-refractivity contribution is 8.00. The summed E-state index contributed by atoms with van der Waals surface area (Å²) < 4.78 is 27.4. The number of hydrogen-bond acceptors (Lipinski definition) is 2. The number of aryl methyl sites for hydroxylation is 1. The predicted molar refractivity (Wildman–Crippen MR) is 76.9 cm³/mol. The van der Waals surface area contributed by atoms with Crippen LogP contribution in [0.25, 0.3) is 0 Å². The molecule has 1 nitrogen and oxygen atoms in total. The highest BCUT2D eigenvalue weighted by Crippen LogP contribution is 2.46. The fourth-order valence-corrected chi connectivity index (χ4v) is 5.05. The summed E-state index contributed by atoms with van der Waals surface area (Å²) in [5.74, 6) is -1.57. The summed E-state index contributed by atoms with van der Waals surface area (Å²) in [6.07, 6.45) is 4.25. The van der Waals surface area contributed by atoms with Crippen molar-refractivity contribution in [2.75, 3.05) is 0 Å². The molecule has 2 atom stereocenters. The van der Waals surface area contributed by atoms with Gasteiger partial charge in [0.25, 0.3) is 0 Å². The molecule has 2 fully saturated rings. The van der Waals surface area contributed by atoms with Gasteiger partial charge in [0.15, 0.2) is 11.6 Å². The number of Topliss-reactive ketones (excluding diaryl/α,β-unsaturated/α-hetero) is 1. The summed E-state index contributed by atoms with van der Waals surface area (Å²) in [5, 5.41) is 1.20. The number of benzene rings is 1. The van der Waals surface area contributed by atoms with Gasteiger partial charge >= 0.3 is 0 Å². The summed E-state index contributed by atoms with van der Waals surface area (Å²) in [5.41, 5.74) is 0.481. The van der Waals surface area contributed by atoms with E-state index in [0.29, 0.717) is 10.5 Å². The first kappa shape index (κ1) is 14.1. The number of thioether (sulfide) groups is 1. The molecule has 0 aromatic heterocycles. The van der Waals surface area contributed by atoms with Gasteiger partial charge in [-0.15, -0.1) is 0 Å². The van der Waals surface area contributed by atoms with E-state index in [1.165, 1.54) is 25.8 Å². The normalized spacial score (nSPS) is 28.6. The molecule has 0 aliphatic carbocycles. The van der Waals surface area contributed by atoms with Gasteiger partial charge in [-0.25, -0.2) is 8.78 Å². The molecule has 0 spiro atoms. The Morgan fingerprint density at radius 1 is 1.20 bits per heavy atom. The van der Waals surface area contributed by atoms with Crippen molar-refractivity contribution in [1.29, 1.82) is 0 Å². The molecule has 1 aromatic rings. The predicted octanol–water partition coefficient (Wildman–Crippen LogP) is 4.06. The average Bonchev–Trinajstić information content (AvgIpc) is 2.78. The lowest BCUT2D eigenvalue weighted by Gasteiger charge is -2.26. The van der Waals surface area contributed by atoms with Gasteiger partial charge in [0, 0.05) is 22.8 Å². The third kappa shape index (κ3) is 2.62. The number of rotatable bonds is 3. The van der Waals surface area contributed by atoms with Crippen LogP contribution in [0.4, 0.5) is 8.78 Å². The van der Waals surface area contributed by atoms with Gasteiger partial charge in [-0.1, -0.05) is 12.1 Å². The third-order valence-corrected chi connectivity index (χ3v) is 6.09. The second-order valence-electron chi connectivity index (χ2n) is 5.94. The second kappa shape index (κ2) is 5.47. The lowest BCUT2D eigenvalue weighted by molar-refractivity contribution is -0.122. The summed E-state index contributed by atoms with van der Waals surface area (Å²) in [6.45, 7) is 1.53. The van der Waals surface area contributed by atoms with E-state index in [1.54, 1.807) is 6.07 Å². The quantitative estimate of drug-likeness (QED) is 0.836. The van der Waals surface area contributed by atoms with E-state index in [4.69, 9.17) is 0 Å². The molecule has 0 N–H and O–H groups in total. The molecule has 2 bridgehead atoms. The lowest BCUT2D eigenvalue weighted by atomic mass is 9.90. The van der Waals surface area contributed by atoms with Crippen molar-refractivity contribution in [2.45, 2.75) is 49.5 Å². The Hall–Kier alpha value is -0.900. The highest BCUT2D eigenvalue weighted by Gasteiger charge is 2.37. The molecule has 2 aliphatic rings. The zero-order valence-electron chi connectivity index (χ0n) is 11.5. The van der Waals surface area contributed by atoms with Crippen LogP contribution in [0.15, 0.2) is 12.1 Å². The highest BCUT2D eigenvalue weighted by atomic mass is 32.2. The van der Waals surface area contributed by atoms with Gasteiger partial charge in [-0.05, 0) is 43.7 Å². The number of ketones is 1. The van der Waals surface area contributed by atoms with Crippen molar-refractivity contribution in [3.05, 3.63) is 34.9 Å². The molecule has 108 valence electrons. The van der Waals surface area contributed by atoms with Crippen molar-refractivity contribution in [2.24, 2.45) is 5.92 Å². The van der Waals surface area contributed by atoms with E-state index in [1.807, 2.05) is 11.8 Å². The van der Waals surface area contributed by atoms with Crippen LogP contribution >= 0.6 is 11.8 Å². The average molecular weight is 296 g/mol. The molecule has 0 radical (unpaired) electrons. The number of fused-ring (bicyclic) bond motifs is 2. The number of carbonyl (C=O) groups is 1. The second-order valence-corrected chi connectivity index (χ2v) is 7.54. The SMILES string of the molecule is Cc1ccc(CC(=O)C2CC3CCC(C2)S3)c(F)c1F. The molecule has 20 heavy (non-hydrogen) atoms. The Balaban J connectivity index is 1.72. The third-order valence-electron chi connectivity index (χ3n) is 4.47. The molecule has 2 aliphatic heterocycles. The number of hydrogen-bond donors (Lipinski definition) is 0. The minimum atomic E-state index is -0.855. The van der Waals surface area contributed by atoms with Gasteiger partial charge in [0.05, 0.1) is 0 Å². The standard InChI is InChI=1S/C16H18F2OS/c1-9-2-3-10(16(18)15(9)17)8-14(19)11-6-12-4-5-13(7-11)20-12/h2-3,11-13H,4-8H2,1H3. The Morgan fingerprint density at radius 3 is 2.50 bits per heavy atom. The van der Waals surface area contributed by atoms with Crippen molar-refractivity contribution in [3.63, 3.8) is 0 Å². The smallest absolute Gasteiger partial charge is 0.162 e. The van der Waals surface area contributed by atoms with Gasteiger partial charge in [0.1, 0.15) is 5.78 Å². The minimum Gasteiger partial charge on any atom is -0.299 e. The van der Waals surface area contributed by atoms with E-state index in [9.17, 15) is 13.6 Å². The lowest BCUT2D eigenvalue weighted by Crippen LogP contribution is -2.26. The molecule has 2 heterocycles. The fourth-order valence-electron chi connectivity index (χ4n) is 3.28. The minimum absolute atomic E-state index is 0.0256. The van der Waals surface area contributed by atoms with Crippen molar-refractivity contribution in [1.82, 2.24) is 0 Å². The van der Waals surface area contributed by atoms with Crippen LogP contribution in [-0.2, 0) is 11.2 Å². The summed E-state index contributed by atoms with van der Waals surface area (Å²) in [4.78, 5) is 12.3. The van der Waals surface area contributed by atoms with Crippen molar-refractivity contribution in [3.8, 4) is 0 Å². The van der Waals surface area contributed by atoms with E-state index in [0.717, 1.165) is 12.8 Å². The van der Waals surface area contributed by atoms with Crippen molar-refractivity contribution < 1.29 is 13.6 Å². The van der Waals surface area contributed by atoms with Crippen LogP contribution in [0.3, 0.4) is 0 Å². The first-order valence-electron chi connectivity index (χ1n) is 7.16. The summed E-state index contributed by atoms with van der Waals surface area (Å²) >= 11 is 2.00. The van der Waals surface area contributed by atoms with Crippen molar-refractivity contribution >= 4 is 17.5 Å². The maximum absolute atomic E-state index is 13.8. The molecular weight excluding hydrogens is 278 g/mol. The largest absolute Gasteiger partial charge is 0.299 e. The maximum atomic E-state index is 13.8. The van der Waals surface area contributed by atoms with E-state index >= 15 is 0 Å². The molecule has 0 saturated carbocycles. The first-order chi connectivity index (χ1) is 9.54. The summed E-state index contributed by atoms with van der Waals surface area (Å²) in [7, 11) is 0. The number of halogens is 2. The van der Waals surface area contributed by atoms with Gasteiger partial charge in [-0.2, -0.15) is 11.8 Å². The topological polar surface area (TPSA) is 17.1 Å². The Morgan fingerprint density at radius 2 is 1.85 bits per heavy atom. The van der Waals surface area contributed by atoms with Gasteiger partial charge in [-0.3, -0.25) is 4.79 Å². The maximum Gasteiger partial charge on any atom is 0.162 e. The molecule has 2 saturated heterocycles. The first-order valence-corrected chi connectivity index (χ1v) is 8.10. The molecule has 1 aromatic carbocycles. The molecule has 2 unspecified atom stereocenters. The Kier molecular flexibility index (Phi) is 3.85. The summed E-state index contributed by atoms with van der Waals surface area (Å²) in [6, 6.07) is 3.08. The van der Waals surface area contributed by atoms with Crippen LogP contribution in [0.1, 0.15) is 36.8 Å². The monoisotopic (exact) mass is 296 g/mol. The van der Waals surface area contributed by atoms with Crippen LogP contribution in [0.5, 0.6) is 0 Å².